The number of aromatic amines is 1. The molecule has 3 atom stereocenters. The number of alkyl halides is 1. The SMILES string of the molecule is CN1C[C@H](CBr)CC2c3cccc4[nH]cc(c34)C[C@H]21. The molecule has 0 saturated carbocycles. The zero-order valence-electron chi connectivity index (χ0n) is 11.2. The second-order valence-corrected chi connectivity index (χ2v) is 6.80. The maximum absolute atomic E-state index is 3.68. The van der Waals surface area contributed by atoms with E-state index in [0.29, 0.717) is 12.0 Å². The van der Waals surface area contributed by atoms with Gasteiger partial charge in [-0.3, -0.25) is 0 Å². The summed E-state index contributed by atoms with van der Waals surface area (Å²) in [7, 11) is 2.30. The number of hydrogen-bond acceptors (Lipinski definition) is 1. The third-order valence-corrected chi connectivity index (χ3v) is 5.95. The number of piperidine rings is 1. The van der Waals surface area contributed by atoms with Gasteiger partial charge in [0.25, 0.3) is 0 Å². The van der Waals surface area contributed by atoms with Crippen LogP contribution >= 0.6 is 15.9 Å². The van der Waals surface area contributed by atoms with Gasteiger partial charge in [0.15, 0.2) is 0 Å². The normalized spacial score (nSPS) is 30.5. The highest BCUT2D eigenvalue weighted by Gasteiger charge is 2.38. The number of likely N-dealkylation sites (N-methyl/N-ethyl adjacent to an activating group) is 1. The predicted molar refractivity (Wildman–Crippen MR) is 83.1 cm³/mol. The first kappa shape index (κ1) is 12.0. The van der Waals surface area contributed by atoms with E-state index in [0.717, 1.165) is 11.2 Å². The summed E-state index contributed by atoms with van der Waals surface area (Å²) in [5, 5.41) is 2.63. The Kier molecular flexibility index (Phi) is 2.75. The van der Waals surface area contributed by atoms with Crippen molar-refractivity contribution in [3.05, 3.63) is 35.5 Å². The Bertz CT molecular complexity index is 618. The van der Waals surface area contributed by atoms with Crippen LogP contribution in [0.5, 0.6) is 0 Å². The summed E-state index contributed by atoms with van der Waals surface area (Å²) in [6.45, 7) is 1.22. The van der Waals surface area contributed by atoms with Crippen LogP contribution < -0.4 is 0 Å². The maximum Gasteiger partial charge on any atom is 0.0459 e. The van der Waals surface area contributed by atoms with Gasteiger partial charge in [0, 0.05) is 40.9 Å². The van der Waals surface area contributed by atoms with Crippen LogP contribution in [-0.2, 0) is 6.42 Å². The number of aromatic nitrogens is 1. The number of fused-ring (bicyclic) bond motifs is 2. The standard InChI is InChI=1S/C16H19BrN2/c1-19-9-10(7-17)5-13-12-3-2-4-14-16(12)11(8-18-14)6-15(13)19/h2-4,8,10,13,15,18H,5-7,9H2,1H3/t10-,13?,15+/m0/s1. The minimum Gasteiger partial charge on any atom is -0.361 e. The number of halogens is 1. The molecule has 1 N–H and O–H groups in total. The minimum atomic E-state index is 0.684. The highest BCUT2D eigenvalue weighted by Crippen LogP contribution is 2.44. The molecule has 0 radical (unpaired) electrons. The highest BCUT2D eigenvalue weighted by atomic mass is 79.9. The molecule has 3 heteroatoms. The highest BCUT2D eigenvalue weighted by molar-refractivity contribution is 9.09. The first-order chi connectivity index (χ1) is 9.28. The lowest BCUT2D eigenvalue weighted by Crippen LogP contribution is -2.48. The quantitative estimate of drug-likeness (QED) is 0.797. The number of nitrogens with zero attached hydrogens (tertiary/aromatic N) is 1. The van der Waals surface area contributed by atoms with Crippen LogP contribution in [0.4, 0.5) is 0 Å². The molecule has 100 valence electrons. The molecule has 1 fully saturated rings. The van der Waals surface area contributed by atoms with Crippen molar-refractivity contribution in [1.29, 1.82) is 0 Å². The molecule has 2 nitrogen and oxygen atoms in total. The van der Waals surface area contributed by atoms with Crippen LogP contribution in [0.1, 0.15) is 23.5 Å². The van der Waals surface area contributed by atoms with Gasteiger partial charge >= 0.3 is 0 Å². The van der Waals surface area contributed by atoms with Gasteiger partial charge < -0.3 is 9.88 Å². The molecule has 0 amide bonds. The van der Waals surface area contributed by atoms with Crippen molar-refractivity contribution in [2.45, 2.75) is 24.8 Å². The molecule has 2 aliphatic rings. The topological polar surface area (TPSA) is 19.0 Å². The monoisotopic (exact) mass is 318 g/mol. The molecule has 2 aromatic rings. The van der Waals surface area contributed by atoms with E-state index < -0.39 is 0 Å². The van der Waals surface area contributed by atoms with Crippen molar-refractivity contribution >= 4 is 26.8 Å². The van der Waals surface area contributed by atoms with Crippen molar-refractivity contribution in [3.63, 3.8) is 0 Å². The second-order valence-electron chi connectivity index (χ2n) is 6.16. The van der Waals surface area contributed by atoms with Gasteiger partial charge in [-0.05, 0) is 43.0 Å². The number of rotatable bonds is 1. The average Bonchev–Trinajstić information content (AvgIpc) is 2.85. The molecule has 1 aromatic carbocycles. The number of likely N-dealkylation sites (tertiary alicyclic amines) is 1. The van der Waals surface area contributed by atoms with E-state index in [-0.39, 0.29) is 0 Å². The Labute approximate surface area is 122 Å². The van der Waals surface area contributed by atoms with Gasteiger partial charge in [-0.15, -0.1) is 0 Å². The van der Waals surface area contributed by atoms with Gasteiger partial charge in [-0.2, -0.15) is 0 Å². The lowest BCUT2D eigenvalue weighted by molar-refractivity contribution is 0.121. The van der Waals surface area contributed by atoms with Gasteiger partial charge in [-0.25, -0.2) is 0 Å². The summed E-state index contributed by atoms with van der Waals surface area (Å²) < 4.78 is 0. The maximum atomic E-state index is 3.68. The van der Waals surface area contributed by atoms with Gasteiger partial charge in [0.2, 0.25) is 0 Å². The van der Waals surface area contributed by atoms with Gasteiger partial charge in [0.05, 0.1) is 0 Å². The Morgan fingerprint density at radius 2 is 2.32 bits per heavy atom. The third-order valence-electron chi connectivity index (χ3n) is 5.03. The lowest BCUT2D eigenvalue weighted by atomic mass is 9.73. The fourth-order valence-electron chi connectivity index (χ4n) is 4.17. The Morgan fingerprint density at radius 3 is 3.16 bits per heavy atom. The van der Waals surface area contributed by atoms with Crippen molar-refractivity contribution < 1.29 is 0 Å². The van der Waals surface area contributed by atoms with Crippen molar-refractivity contribution in [2.75, 3.05) is 18.9 Å². The fourth-order valence-corrected chi connectivity index (χ4v) is 4.63. The summed E-state index contributed by atoms with van der Waals surface area (Å²) in [6.07, 6.45) is 4.74. The molecule has 0 spiro atoms. The van der Waals surface area contributed by atoms with Crippen LogP contribution in [0.15, 0.2) is 24.4 Å². The molecular formula is C16H19BrN2. The molecular weight excluding hydrogens is 300 g/mol. The first-order valence-corrected chi connectivity index (χ1v) is 8.25. The Hall–Kier alpha value is -0.800. The summed E-state index contributed by atoms with van der Waals surface area (Å²) >= 11 is 3.68. The van der Waals surface area contributed by atoms with E-state index in [9.17, 15) is 0 Å². The summed E-state index contributed by atoms with van der Waals surface area (Å²) in [4.78, 5) is 6.02. The number of H-pyrrole nitrogens is 1. The Morgan fingerprint density at radius 1 is 1.42 bits per heavy atom. The summed E-state index contributed by atoms with van der Waals surface area (Å²) in [5.74, 6) is 1.48. The molecule has 1 saturated heterocycles. The third kappa shape index (κ3) is 1.71. The predicted octanol–water partition coefficient (Wildman–Crippen LogP) is 3.52. The molecule has 0 bridgehead atoms. The Balaban J connectivity index is 1.86. The fraction of sp³-hybridized carbons (Fsp3) is 0.500. The van der Waals surface area contributed by atoms with Crippen LogP contribution in [0.25, 0.3) is 10.9 Å². The van der Waals surface area contributed by atoms with E-state index in [4.69, 9.17) is 0 Å². The first-order valence-electron chi connectivity index (χ1n) is 7.13. The van der Waals surface area contributed by atoms with Crippen LogP contribution in [0.2, 0.25) is 0 Å². The largest absolute Gasteiger partial charge is 0.361 e. The number of hydrogen-bond donors (Lipinski definition) is 1. The number of benzene rings is 1. The van der Waals surface area contributed by atoms with Gasteiger partial charge in [-0.1, -0.05) is 28.1 Å². The second kappa shape index (κ2) is 4.35. The lowest BCUT2D eigenvalue weighted by Gasteiger charge is -2.45. The molecule has 19 heavy (non-hydrogen) atoms. The van der Waals surface area contributed by atoms with Gasteiger partial charge in [0.1, 0.15) is 0 Å². The molecule has 2 heterocycles. The number of nitrogens with one attached hydrogen (secondary N) is 1. The van der Waals surface area contributed by atoms with Crippen LogP contribution in [0.3, 0.4) is 0 Å². The van der Waals surface area contributed by atoms with Crippen molar-refractivity contribution in [3.8, 4) is 0 Å². The summed E-state index contributed by atoms with van der Waals surface area (Å²) in [6, 6.07) is 7.44. The zero-order valence-corrected chi connectivity index (χ0v) is 12.8. The smallest absolute Gasteiger partial charge is 0.0459 e. The van der Waals surface area contributed by atoms with Crippen LogP contribution in [-0.4, -0.2) is 34.8 Å². The van der Waals surface area contributed by atoms with Crippen LogP contribution in [0, 0.1) is 5.92 Å². The van der Waals surface area contributed by atoms with E-state index in [2.05, 4.69) is 57.3 Å². The molecule has 4 rings (SSSR count). The summed E-state index contributed by atoms with van der Waals surface area (Å²) in [5.41, 5.74) is 4.40. The molecule has 1 aliphatic carbocycles. The molecule has 1 aromatic heterocycles. The van der Waals surface area contributed by atoms with E-state index in [1.807, 2.05) is 0 Å². The van der Waals surface area contributed by atoms with E-state index in [1.54, 1.807) is 5.56 Å². The minimum absolute atomic E-state index is 0.684. The van der Waals surface area contributed by atoms with Crippen molar-refractivity contribution in [1.82, 2.24) is 9.88 Å². The van der Waals surface area contributed by atoms with E-state index >= 15 is 0 Å². The molecule has 1 unspecified atom stereocenters. The van der Waals surface area contributed by atoms with E-state index in [1.165, 1.54) is 35.9 Å². The van der Waals surface area contributed by atoms with Crippen molar-refractivity contribution in [2.24, 2.45) is 5.92 Å². The average molecular weight is 319 g/mol. The zero-order chi connectivity index (χ0) is 13.0. The molecule has 1 aliphatic heterocycles.